The number of amides is 1. The van der Waals surface area contributed by atoms with Gasteiger partial charge in [-0.2, -0.15) is 0 Å². The van der Waals surface area contributed by atoms with Gasteiger partial charge in [0.25, 0.3) is 5.91 Å². The van der Waals surface area contributed by atoms with Crippen molar-refractivity contribution in [2.75, 3.05) is 19.6 Å². The van der Waals surface area contributed by atoms with Crippen LogP contribution < -0.4 is 5.32 Å². The van der Waals surface area contributed by atoms with E-state index >= 15 is 0 Å². The summed E-state index contributed by atoms with van der Waals surface area (Å²) in [4.78, 5) is 21.0. The average Bonchev–Trinajstić information content (AvgIpc) is 3.17. The molecule has 0 atom stereocenters. The minimum Gasteiger partial charge on any atom is -0.516 e. The Hall–Kier alpha value is -2.60. The van der Waals surface area contributed by atoms with Crippen LogP contribution in [-0.2, 0) is 6.54 Å². The van der Waals surface area contributed by atoms with Gasteiger partial charge in [0, 0.05) is 13.1 Å². The number of nitrogens with zero attached hydrogens (tertiary/aromatic N) is 2. The smallest absolute Gasteiger partial charge is 0.269 e. The molecule has 3 rings (SSSR count). The number of likely N-dealkylation sites (tertiary alicyclic amines) is 1. The highest BCUT2D eigenvalue weighted by molar-refractivity contribution is 5.91. The Labute approximate surface area is 148 Å². The van der Waals surface area contributed by atoms with Crippen LogP contribution in [0.3, 0.4) is 0 Å². The minimum absolute atomic E-state index is 0.0655. The molecule has 6 heteroatoms. The van der Waals surface area contributed by atoms with Crippen LogP contribution in [0.1, 0.15) is 28.9 Å². The number of hydrogen-bond donors (Lipinski definition) is 3. The number of carbonyl (C=O) groups is 1. The molecule has 0 spiro atoms. The molecule has 0 bridgehead atoms. The number of piperidine rings is 1. The van der Waals surface area contributed by atoms with Crippen LogP contribution in [0.5, 0.6) is 0 Å². The number of hydrogen-bond acceptors (Lipinski definition) is 4. The summed E-state index contributed by atoms with van der Waals surface area (Å²) >= 11 is 0. The molecule has 1 saturated heterocycles. The monoisotopic (exact) mass is 342 g/mol. The third kappa shape index (κ3) is 6.43. The summed E-state index contributed by atoms with van der Waals surface area (Å²) in [5.74, 6) is 0.503. The molecular weight excluding hydrogens is 316 g/mol. The number of aromatic amines is 1. The van der Waals surface area contributed by atoms with Gasteiger partial charge in [0.15, 0.2) is 0 Å². The van der Waals surface area contributed by atoms with E-state index in [1.807, 2.05) is 0 Å². The van der Waals surface area contributed by atoms with E-state index in [2.05, 4.69) is 57.1 Å². The maximum absolute atomic E-state index is 11.9. The summed E-state index contributed by atoms with van der Waals surface area (Å²) in [7, 11) is 0. The van der Waals surface area contributed by atoms with E-state index in [0.717, 1.165) is 45.3 Å². The number of rotatable bonds is 5. The van der Waals surface area contributed by atoms with Crippen LogP contribution in [-0.4, -0.2) is 45.5 Å². The van der Waals surface area contributed by atoms with Crippen molar-refractivity contribution in [2.24, 2.45) is 5.92 Å². The second-order valence-corrected chi connectivity index (χ2v) is 6.06. The van der Waals surface area contributed by atoms with Crippen LogP contribution >= 0.6 is 0 Å². The van der Waals surface area contributed by atoms with Crippen molar-refractivity contribution < 1.29 is 9.90 Å². The zero-order valence-electron chi connectivity index (χ0n) is 14.4. The minimum atomic E-state index is -0.0655. The van der Waals surface area contributed by atoms with Gasteiger partial charge in [0.1, 0.15) is 5.69 Å². The maximum atomic E-state index is 11.9. The zero-order valence-corrected chi connectivity index (χ0v) is 14.4. The van der Waals surface area contributed by atoms with Gasteiger partial charge in [-0.25, -0.2) is 4.98 Å². The predicted molar refractivity (Wildman–Crippen MR) is 98.2 cm³/mol. The first kappa shape index (κ1) is 18.7. The lowest BCUT2D eigenvalue weighted by molar-refractivity contribution is 0.0931. The molecule has 1 aliphatic heterocycles. The van der Waals surface area contributed by atoms with Crippen molar-refractivity contribution in [3.05, 3.63) is 67.0 Å². The van der Waals surface area contributed by atoms with Gasteiger partial charge in [-0.05, 0) is 37.4 Å². The number of aliphatic hydroxyl groups is 1. The Morgan fingerprint density at radius 2 is 2.04 bits per heavy atom. The van der Waals surface area contributed by atoms with E-state index < -0.39 is 0 Å². The van der Waals surface area contributed by atoms with Gasteiger partial charge in [-0.15, -0.1) is 0 Å². The normalized spacial score (nSPS) is 15.0. The quantitative estimate of drug-likeness (QED) is 0.730. The molecule has 1 fully saturated rings. The molecule has 1 aromatic heterocycles. The van der Waals surface area contributed by atoms with Crippen LogP contribution in [0.15, 0.2) is 55.7 Å². The largest absolute Gasteiger partial charge is 0.516 e. The van der Waals surface area contributed by atoms with E-state index in [4.69, 9.17) is 5.11 Å². The van der Waals surface area contributed by atoms with E-state index in [-0.39, 0.29) is 5.91 Å². The first-order valence-electron chi connectivity index (χ1n) is 8.51. The third-order valence-corrected chi connectivity index (χ3v) is 4.25. The van der Waals surface area contributed by atoms with Crippen molar-refractivity contribution in [3.63, 3.8) is 0 Å². The van der Waals surface area contributed by atoms with Crippen LogP contribution in [0.2, 0.25) is 0 Å². The predicted octanol–water partition coefficient (Wildman–Crippen LogP) is 2.74. The van der Waals surface area contributed by atoms with Crippen LogP contribution in [0.4, 0.5) is 0 Å². The molecule has 0 unspecified atom stereocenters. The Balaban J connectivity index is 0.000000701. The van der Waals surface area contributed by atoms with Gasteiger partial charge in [-0.1, -0.05) is 36.9 Å². The van der Waals surface area contributed by atoms with Crippen molar-refractivity contribution in [2.45, 2.75) is 19.4 Å². The summed E-state index contributed by atoms with van der Waals surface area (Å²) in [6.45, 7) is 6.88. The average molecular weight is 342 g/mol. The Kier molecular flexibility index (Phi) is 7.72. The first-order chi connectivity index (χ1) is 12.2. The van der Waals surface area contributed by atoms with Crippen molar-refractivity contribution in [1.82, 2.24) is 20.2 Å². The molecule has 0 radical (unpaired) electrons. The number of aromatic nitrogens is 2. The molecule has 6 nitrogen and oxygen atoms in total. The summed E-state index contributed by atoms with van der Waals surface area (Å²) in [5, 5.41) is 10.3. The van der Waals surface area contributed by atoms with Gasteiger partial charge < -0.3 is 15.4 Å². The number of benzene rings is 1. The lowest BCUT2D eigenvalue weighted by Crippen LogP contribution is -2.38. The van der Waals surface area contributed by atoms with Gasteiger partial charge >= 0.3 is 0 Å². The summed E-state index contributed by atoms with van der Waals surface area (Å²) < 4.78 is 0. The highest BCUT2D eigenvalue weighted by Crippen LogP contribution is 2.18. The van der Waals surface area contributed by atoms with Gasteiger partial charge in [0.2, 0.25) is 0 Å². The molecule has 0 saturated carbocycles. The molecule has 25 heavy (non-hydrogen) atoms. The lowest BCUT2D eigenvalue weighted by atomic mass is 9.96. The van der Waals surface area contributed by atoms with Gasteiger partial charge in [-0.3, -0.25) is 9.69 Å². The summed E-state index contributed by atoms with van der Waals surface area (Å²) in [6, 6.07) is 10.6. The second kappa shape index (κ2) is 10.3. The fourth-order valence-corrected chi connectivity index (χ4v) is 2.90. The lowest BCUT2D eigenvalue weighted by Gasteiger charge is -2.32. The third-order valence-electron chi connectivity index (χ3n) is 4.25. The number of carbonyl (C=O) groups excluding carboxylic acids is 1. The van der Waals surface area contributed by atoms with Crippen molar-refractivity contribution in [3.8, 4) is 0 Å². The fourth-order valence-electron chi connectivity index (χ4n) is 2.90. The first-order valence-corrected chi connectivity index (χ1v) is 8.51. The molecule has 1 aromatic carbocycles. The molecular formula is C19H26N4O2. The SMILES string of the molecule is C=CO.O=C(NCC1CCN(Cc2ccccc2)CC1)c1cnc[nH]1. The standard InChI is InChI=1S/C17H22N4O.C2H4O/c22-17(16-11-18-13-20-16)19-10-14-6-8-21(9-7-14)12-15-4-2-1-3-5-15;1-2-3/h1-5,11,13-14H,6-10,12H2,(H,18,20)(H,19,22);2-3H,1H2. The van der Waals surface area contributed by atoms with Crippen LogP contribution in [0, 0.1) is 5.92 Å². The highest BCUT2D eigenvalue weighted by atomic mass is 16.2. The molecule has 134 valence electrons. The number of H-pyrrole nitrogens is 1. The summed E-state index contributed by atoms with van der Waals surface area (Å²) in [6.07, 6.45) is 6.10. The summed E-state index contributed by atoms with van der Waals surface area (Å²) in [5.41, 5.74) is 1.90. The molecule has 1 amide bonds. The highest BCUT2D eigenvalue weighted by Gasteiger charge is 2.20. The van der Waals surface area contributed by atoms with Crippen molar-refractivity contribution >= 4 is 5.91 Å². The Morgan fingerprint density at radius 3 is 2.64 bits per heavy atom. The molecule has 2 heterocycles. The van der Waals surface area contributed by atoms with E-state index in [0.29, 0.717) is 11.6 Å². The number of imidazole rings is 1. The van der Waals surface area contributed by atoms with Gasteiger partial charge in [0.05, 0.1) is 18.8 Å². The molecule has 1 aliphatic rings. The van der Waals surface area contributed by atoms with E-state index in [1.165, 1.54) is 11.9 Å². The molecule has 3 N–H and O–H groups in total. The molecule has 2 aromatic rings. The maximum Gasteiger partial charge on any atom is 0.269 e. The Morgan fingerprint density at radius 1 is 1.36 bits per heavy atom. The number of aliphatic hydroxyl groups excluding tert-OH is 1. The number of nitrogens with one attached hydrogen (secondary N) is 2. The zero-order chi connectivity index (χ0) is 17.9. The van der Waals surface area contributed by atoms with Crippen LogP contribution in [0.25, 0.3) is 0 Å². The Bertz CT molecular complexity index is 620. The fraction of sp³-hybridized carbons (Fsp3) is 0.368. The molecule has 0 aliphatic carbocycles. The van der Waals surface area contributed by atoms with Crippen molar-refractivity contribution in [1.29, 1.82) is 0 Å². The second-order valence-electron chi connectivity index (χ2n) is 6.06. The van der Waals surface area contributed by atoms with E-state index in [1.54, 1.807) is 6.20 Å². The van der Waals surface area contributed by atoms with E-state index in [9.17, 15) is 4.79 Å². The topological polar surface area (TPSA) is 81.2 Å².